The van der Waals surface area contributed by atoms with Gasteiger partial charge in [0.15, 0.2) is 0 Å². The van der Waals surface area contributed by atoms with Crippen LogP contribution in [-0.4, -0.2) is 31.6 Å². The maximum atomic E-state index is 13.5. The van der Waals surface area contributed by atoms with Crippen molar-refractivity contribution in [3.05, 3.63) is 35.6 Å². The van der Waals surface area contributed by atoms with Gasteiger partial charge in [-0.3, -0.25) is 0 Å². The number of hydrogen-bond acceptors (Lipinski definition) is 2. The molecule has 0 amide bonds. The molecule has 0 radical (unpaired) electrons. The third-order valence-corrected chi connectivity index (χ3v) is 3.48. The number of nitrogens with one attached hydrogen (secondary N) is 1. The van der Waals surface area contributed by atoms with E-state index in [2.05, 4.69) is 17.3 Å². The van der Waals surface area contributed by atoms with Crippen molar-refractivity contribution in [2.75, 3.05) is 26.7 Å². The highest BCUT2D eigenvalue weighted by molar-refractivity contribution is 5.16. The molecule has 2 rings (SSSR count). The molecule has 0 aromatic heterocycles. The zero-order valence-corrected chi connectivity index (χ0v) is 10.5. The molecule has 1 N–H and O–H groups in total. The fraction of sp³-hybridized carbons (Fsp3) is 0.571. The average molecular weight is 236 g/mol. The van der Waals surface area contributed by atoms with E-state index in [1.54, 1.807) is 6.07 Å². The van der Waals surface area contributed by atoms with Crippen LogP contribution in [0.2, 0.25) is 0 Å². The predicted octanol–water partition coefficient (Wildman–Crippen LogP) is 2.26. The second kappa shape index (κ2) is 6.12. The lowest BCUT2D eigenvalue weighted by molar-refractivity contribution is 0.294. The van der Waals surface area contributed by atoms with Crippen LogP contribution in [0.5, 0.6) is 0 Å². The predicted molar refractivity (Wildman–Crippen MR) is 68.3 cm³/mol. The van der Waals surface area contributed by atoms with Crippen LogP contribution in [0.3, 0.4) is 0 Å². The van der Waals surface area contributed by atoms with Crippen molar-refractivity contribution in [3.8, 4) is 0 Å². The van der Waals surface area contributed by atoms with Crippen molar-refractivity contribution in [1.82, 2.24) is 10.2 Å². The standard InChI is InChI=1S/C14H21FN2/c1-17(9-7-12-6-8-16-10-12)11-13-4-2-3-5-14(13)15/h2-5,12,16H,6-11H2,1H3. The van der Waals surface area contributed by atoms with Gasteiger partial charge in [-0.15, -0.1) is 0 Å². The first-order valence-electron chi connectivity index (χ1n) is 6.38. The zero-order valence-electron chi connectivity index (χ0n) is 10.5. The van der Waals surface area contributed by atoms with Gasteiger partial charge in [-0.2, -0.15) is 0 Å². The van der Waals surface area contributed by atoms with E-state index in [-0.39, 0.29) is 5.82 Å². The Hall–Kier alpha value is -0.930. The third kappa shape index (κ3) is 3.79. The van der Waals surface area contributed by atoms with E-state index in [4.69, 9.17) is 0 Å². The summed E-state index contributed by atoms with van der Waals surface area (Å²) < 4.78 is 13.5. The monoisotopic (exact) mass is 236 g/mol. The van der Waals surface area contributed by atoms with E-state index in [1.165, 1.54) is 18.9 Å². The van der Waals surface area contributed by atoms with Crippen LogP contribution in [0, 0.1) is 11.7 Å². The van der Waals surface area contributed by atoms with Gasteiger partial charge in [0, 0.05) is 12.1 Å². The summed E-state index contributed by atoms with van der Waals surface area (Å²) in [6.45, 7) is 4.04. The molecule has 1 atom stereocenters. The molecule has 1 aromatic rings. The van der Waals surface area contributed by atoms with Crippen LogP contribution in [0.15, 0.2) is 24.3 Å². The Bertz CT molecular complexity index is 348. The summed E-state index contributed by atoms with van der Waals surface area (Å²) in [5, 5.41) is 3.38. The smallest absolute Gasteiger partial charge is 0.127 e. The molecule has 1 aliphatic heterocycles. The summed E-state index contributed by atoms with van der Waals surface area (Å²) >= 11 is 0. The van der Waals surface area contributed by atoms with Gasteiger partial charge in [-0.1, -0.05) is 18.2 Å². The summed E-state index contributed by atoms with van der Waals surface area (Å²) in [6.07, 6.45) is 2.49. The maximum Gasteiger partial charge on any atom is 0.127 e. The molecular weight excluding hydrogens is 215 g/mol. The molecule has 1 aromatic carbocycles. The first kappa shape index (κ1) is 12.5. The molecule has 94 valence electrons. The Morgan fingerprint density at radius 3 is 2.94 bits per heavy atom. The molecule has 0 saturated carbocycles. The number of halogens is 1. The summed E-state index contributed by atoms with van der Waals surface area (Å²) in [5.41, 5.74) is 0.791. The van der Waals surface area contributed by atoms with Gasteiger partial charge in [0.05, 0.1) is 0 Å². The molecular formula is C14H21FN2. The van der Waals surface area contributed by atoms with Crippen molar-refractivity contribution < 1.29 is 4.39 Å². The van der Waals surface area contributed by atoms with E-state index >= 15 is 0 Å². The minimum atomic E-state index is -0.0955. The molecule has 0 aliphatic carbocycles. The molecule has 1 unspecified atom stereocenters. The Kier molecular flexibility index (Phi) is 4.51. The summed E-state index contributed by atoms with van der Waals surface area (Å²) in [6, 6.07) is 7.03. The maximum absolute atomic E-state index is 13.5. The van der Waals surface area contributed by atoms with Crippen molar-refractivity contribution in [2.24, 2.45) is 5.92 Å². The zero-order chi connectivity index (χ0) is 12.1. The van der Waals surface area contributed by atoms with Gasteiger partial charge >= 0.3 is 0 Å². The van der Waals surface area contributed by atoms with Gasteiger partial charge in [0.1, 0.15) is 5.82 Å². The highest BCUT2D eigenvalue weighted by Gasteiger charge is 2.15. The van der Waals surface area contributed by atoms with Crippen LogP contribution >= 0.6 is 0 Å². The molecule has 2 nitrogen and oxygen atoms in total. The van der Waals surface area contributed by atoms with Crippen LogP contribution in [0.25, 0.3) is 0 Å². The van der Waals surface area contributed by atoms with Gasteiger partial charge < -0.3 is 10.2 Å². The number of hydrogen-bond donors (Lipinski definition) is 1. The van der Waals surface area contributed by atoms with Crippen molar-refractivity contribution in [3.63, 3.8) is 0 Å². The fourth-order valence-corrected chi connectivity index (χ4v) is 2.36. The first-order valence-corrected chi connectivity index (χ1v) is 6.38. The second-order valence-electron chi connectivity index (χ2n) is 4.98. The van der Waals surface area contributed by atoms with E-state index in [9.17, 15) is 4.39 Å². The van der Waals surface area contributed by atoms with Gasteiger partial charge in [0.25, 0.3) is 0 Å². The third-order valence-electron chi connectivity index (χ3n) is 3.48. The Balaban J connectivity index is 1.76. The van der Waals surface area contributed by atoms with Crippen LogP contribution in [0.1, 0.15) is 18.4 Å². The van der Waals surface area contributed by atoms with Crippen LogP contribution < -0.4 is 5.32 Å². The molecule has 0 bridgehead atoms. The normalized spacial score (nSPS) is 20.1. The SMILES string of the molecule is CN(CCC1CCNC1)Cc1ccccc1F. The van der Waals surface area contributed by atoms with E-state index in [1.807, 2.05) is 12.1 Å². The molecule has 1 saturated heterocycles. The van der Waals surface area contributed by atoms with Gasteiger partial charge in [-0.25, -0.2) is 4.39 Å². The van der Waals surface area contributed by atoms with Crippen LogP contribution in [0.4, 0.5) is 4.39 Å². The Labute approximate surface area is 103 Å². The second-order valence-corrected chi connectivity index (χ2v) is 4.98. The lowest BCUT2D eigenvalue weighted by atomic mass is 10.0. The van der Waals surface area contributed by atoms with E-state index in [0.717, 1.165) is 31.1 Å². The quantitative estimate of drug-likeness (QED) is 0.843. The van der Waals surface area contributed by atoms with Crippen molar-refractivity contribution >= 4 is 0 Å². The minimum Gasteiger partial charge on any atom is -0.316 e. The number of benzene rings is 1. The largest absolute Gasteiger partial charge is 0.316 e. The number of rotatable bonds is 5. The highest BCUT2D eigenvalue weighted by Crippen LogP contribution is 2.14. The molecule has 17 heavy (non-hydrogen) atoms. The molecule has 1 fully saturated rings. The first-order chi connectivity index (χ1) is 8.25. The van der Waals surface area contributed by atoms with Crippen molar-refractivity contribution in [1.29, 1.82) is 0 Å². The van der Waals surface area contributed by atoms with Gasteiger partial charge in [0.2, 0.25) is 0 Å². The molecule has 1 aliphatic rings. The molecule has 1 heterocycles. The topological polar surface area (TPSA) is 15.3 Å². The molecule has 0 spiro atoms. The van der Waals surface area contributed by atoms with Gasteiger partial charge in [-0.05, 0) is 51.5 Å². The lowest BCUT2D eigenvalue weighted by Gasteiger charge is -2.19. The average Bonchev–Trinajstić information content (AvgIpc) is 2.82. The fourth-order valence-electron chi connectivity index (χ4n) is 2.36. The number of nitrogens with zero attached hydrogens (tertiary/aromatic N) is 1. The summed E-state index contributed by atoms with van der Waals surface area (Å²) in [5.74, 6) is 0.708. The van der Waals surface area contributed by atoms with E-state index < -0.39 is 0 Å². The summed E-state index contributed by atoms with van der Waals surface area (Å²) in [4.78, 5) is 2.21. The Morgan fingerprint density at radius 2 is 2.24 bits per heavy atom. The van der Waals surface area contributed by atoms with Crippen molar-refractivity contribution in [2.45, 2.75) is 19.4 Å². The molecule has 3 heteroatoms. The highest BCUT2D eigenvalue weighted by atomic mass is 19.1. The van der Waals surface area contributed by atoms with Crippen LogP contribution in [-0.2, 0) is 6.54 Å². The Morgan fingerprint density at radius 1 is 1.41 bits per heavy atom. The minimum absolute atomic E-state index is 0.0955. The van der Waals surface area contributed by atoms with E-state index in [0.29, 0.717) is 6.54 Å². The lowest BCUT2D eigenvalue weighted by Crippen LogP contribution is -2.22. The summed E-state index contributed by atoms with van der Waals surface area (Å²) in [7, 11) is 2.06.